The van der Waals surface area contributed by atoms with E-state index in [1.54, 1.807) is 0 Å². The van der Waals surface area contributed by atoms with E-state index in [0.717, 1.165) is 29.8 Å². The highest BCUT2D eigenvalue weighted by molar-refractivity contribution is 6.07. The first kappa shape index (κ1) is 18.4. The fourth-order valence-electron chi connectivity index (χ4n) is 2.16. The highest BCUT2D eigenvalue weighted by atomic mass is 19.1. The van der Waals surface area contributed by atoms with Gasteiger partial charge in [0, 0.05) is 6.07 Å². The number of allylic oxidation sites excluding steroid dienone is 3. The maximum absolute atomic E-state index is 14.0. The quantitative estimate of drug-likeness (QED) is 0.466. The van der Waals surface area contributed by atoms with Gasteiger partial charge in [-0.05, 0) is 55.7 Å². The normalized spacial score (nSPS) is 10.9. The van der Waals surface area contributed by atoms with Crippen molar-refractivity contribution in [1.82, 2.24) is 0 Å². The average molecular weight is 344 g/mol. The maximum atomic E-state index is 14.0. The highest BCUT2D eigenvalue weighted by Gasteiger charge is 2.13. The predicted molar refractivity (Wildman–Crippen MR) is 92.6 cm³/mol. The number of halogens is 2. The molecule has 0 unspecified atom stereocenters. The lowest BCUT2D eigenvalue weighted by molar-refractivity contribution is 0.104. The van der Waals surface area contributed by atoms with Crippen LogP contribution in [-0.2, 0) is 6.42 Å². The molecule has 2 N–H and O–H groups in total. The van der Waals surface area contributed by atoms with Crippen molar-refractivity contribution < 1.29 is 23.8 Å². The van der Waals surface area contributed by atoms with Crippen molar-refractivity contribution in [2.24, 2.45) is 0 Å². The summed E-state index contributed by atoms with van der Waals surface area (Å²) in [6.45, 7) is 3.79. The van der Waals surface area contributed by atoms with Crippen LogP contribution in [0.3, 0.4) is 0 Å². The third-order valence-corrected chi connectivity index (χ3v) is 3.56. The van der Waals surface area contributed by atoms with E-state index in [4.69, 9.17) is 5.11 Å². The van der Waals surface area contributed by atoms with Crippen molar-refractivity contribution in [2.75, 3.05) is 0 Å². The molecular formula is C20H18F2O3. The van der Waals surface area contributed by atoms with Crippen molar-refractivity contribution in [3.8, 4) is 11.5 Å². The molecule has 0 aliphatic rings. The second kappa shape index (κ2) is 7.75. The van der Waals surface area contributed by atoms with Crippen LogP contribution in [0.15, 0.2) is 48.1 Å². The van der Waals surface area contributed by atoms with Crippen LogP contribution in [0.4, 0.5) is 8.78 Å². The number of ketones is 1. The molecule has 2 rings (SSSR count). The van der Waals surface area contributed by atoms with Crippen LogP contribution < -0.4 is 0 Å². The fourth-order valence-corrected chi connectivity index (χ4v) is 2.16. The Kier molecular flexibility index (Phi) is 5.70. The molecule has 0 aliphatic heterocycles. The van der Waals surface area contributed by atoms with Gasteiger partial charge < -0.3 is 10.2 Å². The Bertz CT molecular complexity index is 863. The average Bonchev–Trinajstić information content (AvgIpc) is 2.54. The van der Waals surface area contributed by atoms with Gasteiger partial charge in [-0.15, -0.1) is 0 Å². The minimum atomic E-state index is -0.829. The lowest BCUT2D eigenvalue weighted by atomic mass is 10.0. The van der Waals surface area contributed by atoms with E-state index in [9.17, 15) is 18.7 Å². The van der Waals surface area contributed by atoms with Crippen molar-refractivity contribution in [3.63, 3.8) is 0 Å². The van der Waals surface area contributed by atoms with Crippen LogP contribution in [0.5, 0.6) is 11.5 Å². The van der Waals surface area contributed by atoms with Gasteiger partial charge in [0.25, 0.3) is 0 Å². The summed E-state index contributed by atoms with van der Waals surface area (Å²) in [5, 5.41) is 18.9. The van der Waals surface area contributed by atoms with Crippen LogP contribution in [0.25, 0.3) is 6.08 Å². The third-order valence-electron chi connectivity index (χ3n) is 3.56. The SMILES string of the molecule is CC(C)=CCc1cc(C(=O)/C=C/c2ccc(O)c(F)c2)c(F)cc1O. The summed E-state index contributed by atoms with van der Waals surface area (Å²) < 4.78 is 27.3. The van der Waals surface area contributed by atoms with E-state index in [2.05, 4.69) is 0 Å². The van der Waals surface area contributed by atoms with E-state index in [1.165, 1.54) is 18.2 Å². The maximum Gasteiger partial charge on any atom is 0.188 e. The molecule has 0 aromatic heterocycles. The van der Waals surface area contributed by atoms with Gasteiger partial charge >= 0.3 is 0 Å². The summed E-state index contributed by atoms with van der Waals surface area (Å²) in [5.41, 5.74) is 1.65. The van der Waals surface area contributed by atoms with Crippen LogP contribution in [-0.4, -0.2) is 16.0 Å². The Labute approximate surface area is 144 Å². The first-order valence-electron chi connectivity index (χ1n) is 7.63. The molecule has 0 saturated heterocycles. The number of carbonyl (C=O) groups excluding carboxylic acids is 1. The molecule has 2 aromatic rings. The summed E-state index contributed by atoms with van der Waals surface area (Å²) >= 11 is 0. The molecule has 2 aromatic carbocycles. The van der Waals surface area contributed by atoms with Crippen LogP contribution in [0, 0.1) is 11.6 Å². The second-order valence-corrected chi connectivity index (χ2v) is 5.85. The standard InChI is InChI=1S/C20H18F2O3/c1-12(2)3-6-14-10-15(16(21)11-20(14)25)18(23)7-4-13-5-8-19(24)17(22)9-13/h3-5,7-11,24-25H,6H2,1-2H3/b7-4+. The lowest BCUT2D eigenvalue weighted by Gasteiger charge is -2.06. The van der Waals surface area contributed by atoms with Crippen LogP contribution in [0.1, 0.15) is 35.3 Å². The number of phenolic OH excluding ortho intramolecular Hbond substituents is 2. The molecule has 25 heavy (non-hydrogen) atoms. The smallest absolute Gasteiger partial charge is 0.188 e. The molecule has 3 nitrogen and oxygen atoms in total. The number of hydrogen-bond donors (Lipinski definition) is 2. The molecule has 0 atom stereocenters. The van der Waals surface area contributed by atoms with Gasteiger partial charge in [0.05, 0.1) is 5.56 Å². The van der Waals surface area contributed by atoms with E-state index >= 15 is 0 Å². The molecule has 5 heteroatoms. The molecule has 0 aliphatic carbocycles. The number of phenols is 2. The van der Waals surface area contributed by atoms with Gasteiger partial charge in [0.15, 0.2) is 17.3 Å². The Morgan fingerprint density at radius 3 is 2.40 bits per heavy atom. The number of benzene rings is 2. The largest absolute Gasteiger partial charge is 0.508 e. The van der Waals surface area contributed by atoms with Crippen LogP contribution in [0.2, 0.25) is 0 Å². The Balaban J connectivity index is 2.28. The lowest BCUT2D eigenvalue weighted by Crippen LogP contribution is -2.01. The van der Waals surface area contributed by atoms with Crippen molar-refractivity contribution in [1.29, 1.82) is 0 Å². The van der Waals surface area contributed by atoms with Gasteiger partial charge in [-0.25, -0.2) is 8.78 Å². The Morgan fingerprint density at radius 2 is 1.76 bits per heavy atom. The topological polar surface area (TPSA) is 57.5 Å². The van der Waals surface area contributed by atoms with Crippen molar-refractivity contribution >= 4 is 11.9 Å². The molecule has 0 spiro atoms. The van der Waals surface area contributed by atoms with Crippen LogP contribution >= 0.6 is 0 Å². The van der Waals surface area contributed by atoms with Gasteiger partial charge in [0.2, 0.25) is 0 Å². The number of rotatable bonds is 5. The minimum absolute atomic E-state index is 0.176. The zero-order valence-electron chi connectivity index (χ0n) is 13.9. The predicted octanol–water partition coefficient (Wildman–Crippen LogP) is 4.78. The summed E-state index contributed by atoms with van der Waals surface area (Å²) in [6, 6.07) is 5.88. The monoisotopic (exact) mass is 344 g/mol. The number of aromatic hydroxyl groups is 2. The first-order valence-corrected chi connectivity index (χ1v) is 7.63. The number of carbonyl (C=O) groups is 1. The summed E-state index contributed by atoms with van der Waals surface area (Å²) in [4.78, 5) is 12.2. The van der Waals surface area contributed by atoms with E-state index in [1.807, 2.05) is 19.9 Å². The second-order valence-electron chi connectivity index (χ2n) is 5.85. The molecular weight excluding hydrogens is 326 g/mol. The van der Waals surface area contributed by atoms with E-state index in [-0.39, 0.29) is 11.3 Å². The minimum Gasteiger partial charge on any atom is -0.508 e. The van der Waals surface area contributed by atoms with E-state index in [0.29, 0.717) is 17.5 Å². The zero-order chi connectivity index (χ0) is 18.6. The Hall–Kier alpha value is -2.95. The van der Waals surface area contributed by atoms with Crippen molar-refractivity contribution in [2.45, 2.75) is 20.3 Å². The van der Waals surface area contributed by atoms with Crippen molar-refractivity contribution in [3.05, 3.63) is 76.4 Å². The molecule has 0 bridgehead atoms. The molecule has 130 valence electrons. The van der Waals surface area contributed by atoms with Gasteiger partial charge in [0.1, 0.15) is 11.6 Å². The van der Waals surface area contributed by atoms with Gasteiger partial charge in [-0.2, -0.15) is 0 Å². The highest BCUT2D eigenvalue weighted by Crippen LogP contribution is 2.24. The molecule has 0 saturated carbocycles. The fraction of sp³-hybridized carbons (Fsp3) is 0.150. The Morgan fingerprint density at radius 1 is 1.04 bits per heavy atom. The van der Waals surface area contributed by atoms with Gasteiger partial charge in [-0.3, -0.25) is 4.79 Å². The number of hydrogen-bond acceptors (Lipinski definition) is 3. The summed E-state index contributed by atoms with van der Waals surface area (Å²) in [7, 11) is 0. The molecule has 0 heterocycles. The summed E-state index contributed by atoms with van der Waals surface area (Å²) in [5.74, 6) is -2.95. The first-order chi connectivity index (χ1) is 11.8. The van der Waals surface area contributed by atoms with Gasteiger partial charge in [-0.1, -0.05) is 23.8 Å². The summed E-state index contributed by atoms with van der Waals surface area (Å²) in [6.07, 6.45) is 4.68. The van der Waals surface area contributed by atoms with E-state index < -0.39 is 23.2 Å². The molecule has 0 amide bonds. The molecule has 0 radical (unpaired) electrons. The zero-order valence-corrected chi connectivity index (χ0v) is 13.9. The third kappa shape index (κ3) is 4.76. The molecule has 0 fully saturated rings.